The van der Waals surface area contributed by atoms with Gasteiger partial charge in [-0.15, -0.1) is 0 Å². The first kappa shape index (κ1) is 21.9. The molecule has 0 aliphatic carbocycles. The zero-order chi connectivity index (χ0) is 20.2. The molecule has 0 fully saturated rings. The Labute approximate surface area is 156 Å². The molecule has 1 rings (SSSR count). The van der Waals surface area contributed by atoms with Crippen LogP contribution in [0.25, 0.3) is 0 Å². The van der Waals surface area contributed by atoms with Gasteiger partial charge in [-0.1, -0.05) is 37.3 Å². The van der Waals surface area contributed by atoms with Crippen molar-refractivity contribution in [3.63, 3.8) is 0 Å². The predicted octanol–water partition coefficient (Wildman–Crippen LogP) is 0.783. The smallest absolute Gasteiger partial charge is 0.407 e. The van der Waals surface area contributed by atoms with Gasteiger partial charge in [-0.05, 0) is 5.56 Å². The number of nitrogens with zero attached hydrogens (tertiary/aromatic N) is 1. The van der Waals surface area contributed by atoms with Gasteiger partial charge in [0.05, 0.1) is 18.6 Å². The number of nitrogens with one attached hydrogen (secondary N) is 2. The number of rotatable bonds is 10. The summed E-state index contributed by atoms with van der Waals surface area (Å²) in [5.41, 5.74) is 0.804. The maximum atomic E-state index is 11.9. The molecule has 1 aromatic rings. The number of carboxylic acid groups (broad SMARTS) is 1. The summed E-state index contributed by atoms with van der Waals surface area (Å²) in [4.78, 5) is 34.6. The fraction of sp³-hybridized carbons (Fsp3) is 0.444. The summed E-state index contributed by atoms with van der Waals surface area (Å²) in [6, 6.07) is 9.65. The zero-order valence-electron chi connectivity index (χ0n) is 14.9. The number of aliphatic hydroxyl groups excluding tert-OH is 1. The SMILES string of the molecule is C[C@@H](CC#N)[C@H](NC(=O)C[C@H](O)CNC(=O)OCc1ccccc1)C(=O)O. The van der Waals surface area contributed by atoms with Crippen LogP contribution in [-0.4, -0.2) is 46.9 Å². The lowest BCUT2D eigenvalue weighted by Gasteiger charge is -2.20. The second-order valence-corrected chi connectivity index (χ2v) is 6.02. The van der Waals surface area contributed by atoms with Crippen LogP contribution in [-0.2, 0) is 20.9 Å². The van der Waals surface area contributed by atoms with Crippen LogP contribution < -0.4 is 10.6 Å². The third kappa shape index (κ3) is 8.69. The molecule has 3 atom stereocenters. The molecule has 4 N–H and O–H groups in total. The van der Waals surface area contributed by atoms with E-state index in [1.165, 1.54) is 6.92 Å². The van der Waals surface area contributed by atoms with Gasteiger partial charge < -0.3 is 25.6 Å². The van der Waals surface area contributed by atoms with Crippen molar-refractivity contribution in [2.45, 2.75) is 38.5 Å². The number of carbonyl (C=O) groups excluding carboxylic acids is 2. The predicted molar refractivity (Wildman–Crippen MR) is 94.2 cm³/mol. The van der Waals surface area contributed by atoms with Crippen LogP contribution in [0.5, 0.6) is 0 Å². The molecule has 9 heteroatoms. The number of aliphatic hydroxyl groups is 1. The van der Waals surface area contributed by atoms with E-state index in [1.54, 1.807) is 24.3 Å². The summed E-state index contributed by atoms with van der Waals surface area (Å²) in [5, 5.41) is 32.2. The van der Waals surface area contributed by atoms with Gasteiger partial charge in [-0.25, -0.2) is 9.59 Å². The number of hydrogen-bond acceptors (Lipinski definition) is 6. The van der Waals surface area contributed by atoms with Crippen LogP contribution in [0.15, 0.2) is 30.3 Å². The van der Waals surface area contributed by atoms with E-state index in [9.17, 15) is 19.5 Å². The third-order valence-electron chi connectivity index (χ3n) is 3.68. The largest absolute Gasteiger partial charge is 0.480 e. The molecular weight excluding hydrogens is 354 g/mol. The summed E-state index contributed by atoms with van der Waals surface area (Å²) in [6.45, 7) is 1.37. The Morgan fingerprint density at radius 3 is 2.52 bits per heavy atom. The maximum Gasteiger partial charge on any atom is 0.407 e. The minimum absolute atomic E-state index is 0.0331. The summed E-state index contributed by atoms with van der Waals surface area (Å²) < 4.78 is 4.97. The van der Waals surface area contributed by atoms with Crippen molar-refractivity contribution in [1.82, 2.24) is 10.6 Å². The quantitative estimate of drug-likeness (QED) is 0.471. The first-order valence-corrected chi connectivity index (χ1v) is 8.35. The van der Waals surface area contributed by atoms with Crippen molar-refractivity contribution < 1.29 is 29.3 Å². The standard InChI is InChI=1S/C18H23N3O6/c1-12(7-8-19)16(17(24)25)21-15(23)9-14(22)10-20-18(26)27-11-13-5-3-2-4-6-13/h2-6,12,14,16,22H,7,9-11H2,1H3,(H,20,26)(H,21,23)(H,24,25)/t12-,14-,16-/m0/s1. The molecule has 27 heavy (non-hydrogen) atoms. The molecular formula is C18H23N3O6. The molecule has 0 bridgehead atoms. The van der Waals surface area contributed by atoms with E-state index in [0.29, 0.717) is 0 Å². The summed E-state index contributed by atoms with van der Waals surface area (Å²) >= 11 is 0. The Morgan fingerprint density at radius 1 is 1.26 bits per heavy atom. The molecule has 0 unspecified atom stereocenters. The van der Waals surface area contributed by atoms with Gasteiger partial charge in [-0.3, -0.25) is 4.79 Å². The van der Waals surface area contributed by atoms with Crippen LogP contribution in [0.3, 0.4) is 0 Å². The molecule has 9 nitrogen and oxygen atoms in total. The van der Waals surface area contributed by atoms with Gasteiger partial charge in [0, 0.05) is 18.9 Å². The van der Waals surface area contributed by atoms with Gasteiger partial charge >= 0.3 is 12.1 Å². The normalized spacial score (nSPS) is 13.5. The Bertz CT molecular complexity index is 673. The highest BCUT2D eigenvalue weighted by atomic mass is 16.5. The average molecular weight is 377 g/mol. The highest BCUT2D eigenvalue weighted by molar-refractivity contribution is 5.84. The summed E-state index contributed by atoms with van der Waals surface area (Å²) in [6.07, 6.45) is -2.39. The Morgan fingerprint density at radius 2 is 1.93 bits per heavy atom. The van der Waals surface area contributed by atoms with E-state index >= 15 is 0 Å². The fourth-order valence-corrected chi connectivity index (χ4v) is 2.20. The number of ether oxygens (including phenoxy) is 1. The molecule has 0 heterocycles. The topological polar surface area (TPSA) is 149 Å². The molecule has 0 aliphatic rings. The Kier molecular flexibility index (Phi) is 9.33. The Balaban J connectivity index is 2.34. The molecule has 0 aliphatic heterocycles. The highest BCUT2D eigenvalue weighted by Gasteiger charge is 2.27. The minimum atomic E-state index is -1.26. The summed E-state index contributed by atoms with van der Waals surface area (Å²) in [7, 11) is 0. The van der Waals surface area contributed by atoms with Crippen LogP contribution in [0, 0.1) is 17.2 Å². The number of aliphatic carboxylic acids is 1. The third-order valence-corrected chi connectivity index (χ3v) is 3.68. The number of nitriles is 1. The van der Waals surface area contributed by atoms with Crippen molar-refractivity contribution in [1.29, 1.82) is 5.26 Å². The van der Waals surface area contributed by atoms with Gasteiger partial charge in [-0.2, -0.15) is 5.26 Å². The average Bonchev–Trinajstić information content (AvgIpc) is 2.63. The van der Waals surface area contributed by atoms with E-state index in [1.807, 2.05) is 12.1 Å². The van der Waals surface area contributed by atoms with Crippen molar-refractivity contribution in [3.8, 4) is 6.07 Å². The monoisotopic (exact) mass is 377 g/mol. The lowest BCUT2D eigenvalue weighted by molar-refractivity contribution is -0.143. The van der Waals surface area contributed by atoms with E-state index in [4.69, 9.17) is 15.1 Å². The lowest BCUT2D eigenvalue weighted by Crippen LogP contribution is -2.46. The first-order chi connectivity index (χ1) is 12.8. The summed E-state index contributed by atoms with van der Waals surface area (Å²) in [5.74, 6) is -2.54. The van der Waals surface area contributed by atoms with E-state index < -0.39 is 42.5 Å². The zero-order valence-corrected chi connectivity index (χ0v) is 14.9. The van der Waals surface area contributed by atoms with Crippen LogP contribution in [0.4, 0.5) is 4.79 Å². The number of carbonyl (C=O) groups is 3. The Hall–Kier alpha value is -3.12. The maximum absolute atomic E-state index is 11.9. The van der Waals surface area contributed by atoms with Crippen molar-refractivity contribution in [2.24, 2.45) is 5.92 Å². The molecule has 1 aromatic carbocycles. The first-order valence-electron chi connectivity index (χ1n) is 8.35. The minimum Gasteiger partial charge on any atom is -0.480 e. The molecule has 0 saturated carbocycles. The molecule has 146 valence electrons. The van der Waals surface area contributed by atoms with E-state index in [0.717, 1.165) is 5.56 Å². The molecule has 0 spiro atoms. The molecule has 0 radical (unpaired) electrons. The highest BCUT2D eigenvalue weighted by Crippen LogP contribution is 2.08. The lowest BCUT2D eigenvalue weighted by atomic mass is 9.99. The molecule has 2 amide bonds. The number of carboxylic acids is 1. The second kappa shape index (κ2) is 11.5. The van der Waals surface area contributed by atoms with Gasteiger partial charge in [0.15, 0.2) is 0 Å². The number of amides is 2. The van der Waals surface area contributed by atoms with Crippen molar-refractivity contribution in [2.75, 3.05) is 6.54 Å². The van der Waals surface area contributed by atoms with E-state index in [-0.39, 0.29) is 19.6 Å². The van der Waals surface area contributed by atoms with Crippen molar-refractivity contribution in [3.05, 3.63) is 35.9 Å². The number of benzene rings is 1. The van der Waals surface area contributed by atoms with Gasteiger partial charge in [0.25, 0.3) is 0 Å². The van der Waals surface area contributed by atoms with Crippen LogP contribution >= 0.6 is 0 Å². The van der Waals surface area contributed by atoms with Crippen molar-refractivity contribution >= 4 is 18.0 Å². The fourth-order valence-electron chi connectivity index (χ4n) is 2.20. The number of hydrogen-bond donors (Lipinski definition) is 4. The second-order valence-electron chi connectivity index (χ2n) is 6.02. The van der Waals surface area contributed by atoms with Crippen LogP contribution in [0.2, 0.25) is 0 Å². The van der Waals surface area contributed by atoms with Gasteiger partial charge in [0.1, 0.15) is 12.6 Å². The molecule has 0 aromatic heterocycles. The van der Waals surface area contributed by atoms with Crippen LogP contribution in [0.1, 0.15) is 25.3 Å². The van der Waals surface area contributed by atoms with Gasteiger partial charge in [0.2, 0.25) is 5.91 Å². The van der Waals surface area contributed by atoms with E-state index in [2.05, 4.69) is 10.6 Å². The molecule has 0 saturated heterocycles. The number of alkyl carbamates (subject to hydrolysis) is 1.